The van der Waals surface area contributed by atoms with Gasteiger partial charge in [-0.2, -0.15) is 5.10 Å². The Balaban J connectivity index is 2.05. The van der Waals surface area contributed by atoms with E-state index in [0.717, 1.165) is 18.6 Å². The van der Waals surface area contributed by atoms with E-state index < -0.39 is 6.03 Å². The topological polar surface area (TPSA) is 105 Å². The van der Waals surface area contributed by atoms with Gasteiger partial charge in [-0.3, -0.25) is 14.5 Å². The Labute approximate surface area is 117 Å². The molecule has 2 aliphatic rings. The lowest BCUT2D eigenvalue weighted by Crippen LogP contribution is -2.32. The second kappa shape index (κ2) is 6.02. The number of unbranched alkanes of at least 4 members (excludes halogenated alkanes) is 1. The Kier molecular flexibility index (Phi) is 4.36. The minimum absolute atomic E-state index is 0.0460. The number of rotatable bonds is 4. The summed E-state index contributed by atoms with van der Waals surface area (Å²) in [7, 11) is 0. The van der Waals surface area contributed by atoms with Crippen molar-refractivity contribution in [2.24, 2.45) is 22.7 Å². The number of carbonyl (C=O) groups is 3. The lowest BCUT2D eigenvalue weighted by Gasteiger charge is -2.21. The van der Waals surface area contributed by atoms with E-state index in [1.165, 1.54) is 4.90 Å². The van der Waals surface area contributed by atoms with Gasteiger partial charge in [-0.15, -0.1) is 0 Å². The molecule has 110 valence electrons. The number of hydrogen-bond acceptors (Lipinski definition) is 4. The summed E-state index contributed by atoms with van der Waals surface area (Å²) in [4.78, 5) is 36.5. The van der Waals surface area contributed by atoms with Gasteiger partial charge in [0.1, 0.15) is 0 Å². The van der Waals surface area contributed by atoms with Crippen molar-refractivity contribution in [1.29, 1.82) is 0 Å². The highest BCUT2D eigenvalue weighted by Gasteiger charge is 2.49. The van der Waals surface area contributed by atoms with Crippen LogP contribution in [0.1, 0.15) is 39.0 Å². The maximum atomic E-state index is 12.3. The van der Waals surface area contributed by atoms with Crippen LogP contribution in [0.15, 0.2) is 5.10 Å². The zero-order chi connectivity index (χ0) is 14.7. The first-order valence-electron chi connectivity index (χ1n) is 7.00. The summed E-state index contributed by atoms with van der Waals surface area (Å²) >= 11 is 0. The smallest absolute Gasteiger partial charge is 0.332 e. The van der Waals surface area contributed by atoms with Crippen LogP contribution < -0.4 is 11.2 Å². The first-order chi connectivity index (χ1) is 9.54. The summed E-state index contributed by atoms with van der Waals surface area (Å²) in [5.74, 6) is -0.677. The summed E-state index contributed by atoms with van der Waals surface area (Å²) in [6.07, 6.45) is 3.43. The van der Waals surface area contributed by atoms with Gasteiger partial charge < -0.3 is 5.73 Å². The number of fused-ring (bicyclic) bond motifs is 1. The molecular weight excluding hydrogens is 260 g/mol. The van der Waals surface area contributed by atoms with Crippen molar-refractivity contribution < 1.29 is 14.4 Å². The van der Waals surface area contributed by atoms with E-state index >= 15 is 0 Å². The van der Waals surface area contributed by atoms with Crippen molar-refractivity contribution in [2.75, 3.05) is 6.54 Å². The molecule has 0 radical (unpaired) electrons. The van der Waals surface area contributed by atoms with E-state index in [9.17, 15) is 14.4 Å². The van der Waals surface area contributed by atoms with Crippen molar-refractivity contribution >= 4 is 23.6 Å². The maximum Gasteiger partial charge on any atom is 0.332 e. The molecule has 1 aliphatic carbocycles. The molecule has 0 aromatic heterocycles. The number of imide groups is 1. The number of amides is 4. The normalized spacial score (nSPS) is 27.9. The molecule has 0 spiro atoms. The summed E-state index contributed by atoms with van der Waals surface area (Å²) in [5.41, 5.74) is 7.87. The van der Waals surface area contributed by atoms with Gasteiger partial charge in [0.05, 0.1) is 11.8 Å². The highest BCUT2D eigenvalue weighted by molar-refractivity contribution is 6.08. The van der Waals surface area contributed by atoms with Crippen molar-refractivity contribution in [1.82, 2.24) is 10.3 Å². The standard InChI is InChI=1S/C13H20N4O3/c1-2-3-6-17-11(18)9-5-4-8(15-16-13(14)20)7-10(9)12(17)19/h9-10H,2-7H2,1H3,(H3,14,16,20)/b15-8+/t9-,10-/m0/s1. The van der Waals surface area contributed by atoms with Gasteiger partial charge in [-0.25, -0.2) is 10.2 Å². The molecule has 0 unspecified atom stereocenters. The van der Waals surface area contributed by atoms with E-state index in [4.69, 9.17) is 5.73 Å². The zero-order valence-corrected chi connectivity index (χ0v) is 11.6. The van der Waals surface area contributed by atoms with E-state index in [-0.39, 0.29) is 23.7 Å². The maximum absolute atomic E-state index is 12.3. The molecule has 1 saturated carbocycles. The van der Waals surface area contributed by atoms with Crippen LogP contribution in [-0.2, 0) is 9.59 Å². The molecule has 0 bridgehead atoms. The van der Waals surface area contributed by atoms with Crippen molar-refractivity contribution in [3.8, 4) is 0 Å². The number of nitrogens with zero attached hydrogens (tertiary/aromatic N) is 2. The summed E-state index contributed by atoms with van der Waals surface area (Å²) < 4.78 is 0. The molecule has 4 amide bonds. The third-order valence-corrected chi connectivity index (χ3v) is 3.91. The molecule has 1 saturated heterocycles. The first-order valence-corrected chi connectivity index (χ1v) is 7.00. The molecule has 2 rings (SSSR count). The SMILES string of the molecule is CCCCN1C(=O)[C@H]2CC/C(=N\NC(N)=O)C[C@@H]2C1=O. The van der Waals surface area contributed by atoms with Crippen molar-refractivity contribution in [3.63, 3.8) is 0 Å². The van der Waals surface area contributed by atoms with Gasteiger partial charge >= 0.3 is 6.03 Å². The molecule has 2 fully saturated rings. The van der Waals surface area contributed by atoms with Gasteiger partial charge in [0.25, 0.3) is 0 Å². The number of carbonyl (C=O) groups excluding carboxylic acids is 3. The number of hydrogen-bond donors (Lipinski definition) is 2. The molecule has 7 nitrogen and oxygen atoms in total. The van der Waals surface area contributed by atoms with E-state index in [2.05, 4.69) is 10.5 Å². The van der Waals surface area contributed by atoms with Gasteiger partial charge in [0.2, 0.25) is 11.8 Å². The fourth-order valence-corrected chi connectivity index (χ4v) is 2.86. The van der Waals surface area contributed by atoms with Gasteiger partial charge in [0.15, 0.2) is 0 Å². The van der Waals surface area contributed by atoms with Crippen LogP contribution in [0.2, 0.25) is 0 Å². The second-order valence-electron chi connectivity index (χ2n) is 5.29. The van der Waals surface area contributed by atoms with Crippen LogP contribution in [0.25, 0.3) is 0 Å². The summed E-state index contributed by atoms with van der Waals surface area (Å²) in [5, 5.41) is 3.90. The van der Waals surface area contributed by atoms with Crippen LogP contribution in [0.4, 0.5) is 4.79 Å². The fraction of sp³-hybridized carbons (Fsp3) is 0.692. The number of primary amides is 1. The van der Waals surface area contributed by atoms with Crippen LogP contribution in [0.5, 0.6) is 0 Å². The fourth-order valence-electron chi connectivity index (χ4n) is 2.86. The minimum Gasteiger partial charge on any atom is -0.350 e. The largest absolute Gasteiger partial charge is 0.350 e. The Hall–Kier alpha value is -1.92. The second-order valence-corrected chi connectivity index (χ2v) is 5.29. The number of nitrogens with one attached hydrogen (secondary N) is 1. The third kappa shape index (κ3) is 2.81. The van der Waals surface area contributed by atoms with Crippen molar-refractivity contribution in [2.45, 2.75) is 39.0 Å². The first kappa shape index (κ1) is 14.5. The van der Waals surface area contributed by atoms with Crippen LogP contribution >= 0.6 is 0 Å². The van der Waals surface area contributed by atoms with E-state index in [0.29, 0.717) is 25.8 Å². The van der Waals surface area contributed by atoms with Crippen LogP contribution in [0, 0.1) is 11.8 Å². The molecular formula is C13H20N4O3. The Morgan fingerprint density at radius 3 is 2.75 bits per heavy atom. The number of likely N-dealkylation sites (tertiary alicyclic amines) is 1. The molecule has 1 aliphatic heterocycles. The summed E-state index contributed by atoms with van der Waals surface area (Å²) in [6, 6.07) is -0.724. The molecule has 0 aromatic carbocycles. The lowest BCUT2D eigenvalue weighted by molar-refractivity contribution is -0.139. The van der Waals surface area contributed by atoms with Crippen molar-refractivity contribution in [3.05, 3.63) is 0 Å². The Morgan fingerprint density at radius 2 is 2.10 bits per heavy atom. The molecule has 1 heterocycles. The zero-order valence-electron chi connectivity index (χ0n) is 11.6. The van der Waals surface area contributed by atoms with E-state index in [1.807, 2.05) is 6.92 Å². The average molecular weight is 280 g/mol. The Morgan fingerprint density at radius 1 is 1.40 bits per heavy atom. The molecule has 20 heavy (non-hydrogen) atoms. The molecule has 0 aromatic rings. The third-order valence-electron chi connectivity index (χ3n) is 3.91. The highest BCUT2D eigenvalue weighted by atomic mass is 16.2. The number of hydrazone groups is 1. The van der Waals surface area contributed by atoms with E-state index in [1.54, 1.807) is 0 Å². The number of urea groups is 1. The predicted molar refractivity (Wildman–Crippen MR) is 72.6 cm³/mol. The van der Waals surface area contributed by atoms with Crippen LogP contribution in [0.3, 0.4) is 0 Å². The van der Waals surface area contributed by atoms with Gasteiger partial charge in [-0.05, 0) is 25.7 Å². The molecule has 2 atom stereocenters. The highest BCUT2D eigenvalue weighted by Crippen LogP contribution is 2.37. The molecule has 7 heteroatoms. The van der Waals surface area contributed by atoms with Gasteiger partial charge in [-0.1, -0.05) is 13.3 Å². The number of nitrogens with two attached hydrogens (primary N) is 1. The minimum atomic E-state index is -0.724. The predicted octanol–water partition coefficient (Wildman–Crippen LogP) is 0.596. The molecule has 3 N–H and O–H groups in total. The lowest BCUT2D eigenvalue weighted by atomic mass is 9.80. The quantitative estimate of drug-likeness (QED) is 0.581. The monoisotopic (exact) mass is 280 g/mol. The van der Waals surface area contributed by atoms with Gasteiger partial charge in [0, 0.05) is 12.3 Å². The summed E-state index contributed by atoms with van der Waals surface area (Å²) in [6.45, 7) is 2.53. The average Bonchev–Trinajstić information content (AvgIpc) is 2.66. The van der Waals surface area contributed by atoms with Crippen LogP contribution in [-0.4, -0.2) is 35.0 Å². The Bertz CT molecular complexity index is 461.